The molecule has 0 bridgehead atoms. The topological polar surface area (TPSA) is 75.5 Å². The number of anilines is 1. The molecule has 1 aromatic heterocycles. The van der Waals surface area contributed by atoms with Crippen LogP contribution in [-0.2, 0) is 13.0 Å². The molecule has 0 atom stereocenters. The van der Waals surface area contributed by atoms with Crippen molar-refractivity contribution in [2.75, 3.05) is 25.0 Å². The van der Waals surface area contributed by atoms with Crippen LogP contribution in [0.4, 0.5) is 5.82 Å². The Hall–Kier alpha value is -4.26. The van der Waals surface area contributed by atoms with Gasteiger partial charge in [0.15, 0.2) is 17.3 Å². The highest BCUT2D eigenvalue weighted by molar-refractivity contribution is 6.15. The molecule has 7 heteroatoms. The summed E-state index contributed by atoms with van der Waals surface area (Å²) in [7, 11) is 1.71. The summed E-state index contributed by atoms with van der Waals surface area (Å²) in [6, 6.07) is 22.9. The van der Waals surface area contributed by atoms with Crippen molar-refractivity contribution in [3.05, 3.63) is 95.4 Å². The molecule has 2 amide bonds. The molecule has 4 aromatic rings. The predicted molar refractivity (Wildman–Crippen MR) is 151 cm³/mol. The van der Waals surface area contributed by atoms with E-state index in [0.29, 0.717) is 49.6 Å². The first-order valence-electron chi connectivity index (χ1n) is 13.8. The van der Waals surface area contributed by atoms with Crippen molar-refractivity contribution in [3.8, 4) is 0 Å². The van der Waals surface area contributed by atoms with Crippen LogP contribution in [0.1, 0.15) is 62.7 Å². The predicted octanol–water partition coefficient (Wildman–Crippen LogP) is 5.38. The summed E-state index contributed by atoms with van der Waals surface area (Å²) in [5.41, 5.74) is 1.79. The van der Waals surface area contributed by atoms with E-state index in [4.69, 9.17) is 4.98 Å². The van der Waals surface area contributed by atoms with Crippen molar-refractivity contribution < 1.29 is 14.4 Å². The zero-order valence-electron chi connectivity index (χ0n) is 22.2. The molecule has 0 aliphatic carbocycles. The Morgan fingerprint density at radius 2 is 1.56 bits per heavy atom. The van der Waals surface area contributed by atoms with E-state index in [2.05, 4.69) is 0 Å². The van der Waals surface area contributed by atoms with E-state index >= 15 is 0 Å². The van der Waals surface area contributed by atoms with Gasteiger partial charge in [0, 0.05) is 50.1 Å². The molecule has 7 nitrogen and oxygen atoms in total. The van der Waals surface area contributed by atoms with Crippen LogP contribution in [0, 0.1) is 5.92 Å². The largest absolute Gasteiger partial charge is 0.337 e. The molecule has 39 heavy (non-hydrogen) atoms. The van der Waals surface area contributed by atoms with Crippen LogP contribution in [0.3, 0.4) is 0 Å². The van der Waals surface area contributed by atoms with Gasteiger partial charge in [0.2, 0.25) is 0 Å². The van der Waals surface area contributed by atoms with Crippen molar-refractivity contribution in [1.82, 2.24) is 14.5 Å². The van der Waals surface area contributed by atoms with Crippen molar-refractivity contribution in [3.63, 3.8) is 0 Å². The Kier molecular flexibility index (Phi) is 6.73. The van der Waals surface area contributed by atoms with Gasteiger partial charge in [-0.25, -0.2) is 4.98 Å². The first kappa shape index (κ1) is 25.0. The van der Waals surface area contributed by atoms with E-state index < -0.39 is 0 Å². The molecule has 0 N–H and O–H groups in total. The van der Waals surface area contributed by atoms with Crippen LogP contribution in [0.15, 0.2) is 72.8 Å². The third-order valence-corrected chi connectivity index (χ3v) is 8.12. The molecule has 1 fully saturated rings. The van der Waals surface area contributed by atoms with Gasteiger partial charge < -0.3 is 9.47 Å². The number of carbonyl (C=O) groups excluding carboxylic acids is 3. The van der Waals surface area contributed by atoms with Gasteiger partial charge >= 0.3 is 0 Å². The first-order chi connectivity index (χ1) is 19.0. The summed E-state index contributed by atoms with van der Waals surface area (Å²) in [6.07, 6.45) is 4.02. The number of aryl methyl sites for hydroxylation is 1. The second-order valence-electron chi connectivity index (χ2n) is 10.5. The minimum absolute atomic E-state index is 0.0918. The number of Topliss-reactive ketones (excluding diaryl/α,β-unsaturated/α-hetero) is 1. The average molecular weight is 521 g/mol. The Bertz CT molecular complexity index is 1550. The molecule has 2 aliphatic heterocycles. The fraction of sp³-hybridized carbons (Fsp3) is 0.312. The molecule has 198 valence electrons. The third-order valence-electron chi connectivity index (χ3n) is 8.12. The summed E-state index contributed by atoms with van der Waals surface area (Å²) < 4.78 is 2.01. The number of amides is 2. The Morgan fingerprint density at radius 3 is 2.36 bits per heavy atom. The van der Waals surface area contributed by atoms with Crippen LogP contribution >= 0.6 is 0 Å². The number of carbonyl (C=O) groups is 3. The Labute approximate surface area is 228 Å². The van der Waals surface area contributed by atoms with Gasteiger partial charge in [-0.1, -0.05) is 66.7 Å². The lowest BCUT2D eigenvalue weighted by Crippen LogP contribution is -2.42. The molecule has 0 spiro atoms. The van der Waals surface area contributed by atoms with Crippen molar-refractivity contribution in [1.29, 1.82) is 0 Å². The van der Waals surface area contributed by atoms with Gasteiger partial charge in [-0.3, -0.25) is 19.3 Å². The number of nitrogens with zero attached hydrogens (tertiary/aromatic N) is 4. The maximum absolute atomic E-state index is 14.0. The number of ketones is 1. The fourth-order valence-electron chi connectivity index (χ4n) is 5.94. The third kappa shape index (κ3) is 4.62. The molecule has 6 rings (SSSR count). The molecule has 3 heterocycles. The zero-order chi connectivity index (χ0) is 26.9. The molecule has 3 aromatic carbocycles. The average Bonchev–Trinajstić information content (AvgIpc) is 3.39. The molecule has 1 saturated heterocycles. The zero-order valence-corrected chi connectivity index (χ0v) is 22.2. The highest BCUT2D eigenvalue weighted by Crippen LogP contribution is 2.31. The highest BCUT2D eigenvalue weighted by Gasteiger charge is 2.35. The second kappa shape index (κ2) is 10.5. The summed E-state index contributed by atoms with van der Waals surface area (Å²) >= 11 is 0. The lowest BCUT2D eigenvalue weighted by atomic mass is 9.89. The monoisotopic (exact) mass is 520 g/mol. The maximum atomic E-state index is 14.0. The lowest BCUT2D eigenvalue weighted by molar-refractivity contribution is 0.0641. The summed E-state index contributed by atoms with van der Waals surface area (Å²) in [6.45, 7) is 1.72. The van der Waals surface area contributed by atoms with Crippen LogP contribution < -0.4 is 4.90 Å². The Balaban J connectivity index is 1.27. The smallest absolute Gasteiger partial charge is 0.274 e. The van der Waals surface area contributed by atoms with Crippen LogP contribution in [-0.4, -0.2) is 52.2 Å². The van der Waals surface area contributed by atoms with Crippen LogP contribution in [0.5, 0.6) is 0 Å². The fourth-order valence-corrected chi connectivity index (χ4v) is 5.94. The molecule has 2 aliphatic rings. The second-order valence-corrected chi connectivity index (χ2v) is 10.5. The van der Waals surface area contributed by atoms with Crippen molar-refractivity contribution >= 4 is 34.2 Å². The van der Waals surface area contributed by atoms with E-state index in [1.807, 2.05) is 82.3 Å². The number of imidazole rings is 1. The minimum atomic E-state index is -0.191. The van der Waals surface area contributed by atoms with E-state index in [0.717, 1.165) is 41.4 Å². The number of hydrogen-bond acceptors (Lipinski definition) is 4. The van der Waals surface area contributed by atoms with Crippen molar-refractivity contribution in [2.24, 2.45) is 5.92 Å². The number of piperidine rings is 1. The van der Waals surface area contributed by atoms with Gasteiger partial charge in [-0.15, -0.1) is 0 Å². The Morgan fingerprint density at radius 1 is 0.846 bits per heavy atom. The number of fused-ring (bicyclic) bond motifs is 2. The summed E-state index contributed by atoms with van der Waals surface area (Å²) in [5.74, 6) is 1.01. The standard InChI is InChI=1S/C32H32N4O3/c1-34(31(38)26-15-9-13-22-10-5-6-14-25(22)26)30-28(36-19-8-7-16-27(36)33-30)32(39)35-20-17-24(18-21-35)29(37)23-11-3-2-4-12-23/h2-6,9-15,24H,7-8,16-21H2,1H3. The van der Waals surface area contributed by atoms with Gasteiger partial charge in [-0.05, 0) is 42.5 Å². The number of rotatable bonds is 5. The lowest BCUT2D eigenvalue weighted by Gasteiger charge is -2.32. The quantitative estimate of drug-likeness (QED) is 0.331. The number of hydrogen-bond donors (Lipinski definition) is 0. The highest BCUT2D eigenvalue weighted by atomic mass is 16.2. The number of likely N-dealkylation sites (tertiary alicyclic amines) is 1. The summed E-state index contributed by atoms with van der Waals surface area (Å²) in [5, 5.41) is 1.86. The molecule has 0 saturated carbocycles. The minimum Gasteiger partial charge on any atom is -0.337 e. The molecule has 0 unspecified atom stereocenters. The van der Waals surface area contributed by atoms with E-state index in [1.54, 1.807) is 7.05 Å². The number of aromatic nitrogens is 2. The van der Waals surface area contributed by atoms with Gasteiger partial charge in [0.1, 0.15) is 5.82 Å². The molecular formula is C32H32N4O3. The SMILES string of the molecule is CN(C(=O)c1cccc2ccccc12)c1nc2n(c1C(=O)N1CCC(C(=O)c3ccccc3)CC1)CCCC2. The maximum Gasteiger partial charge on any atom is 0.274 e. The molecule has 0 radical (unpaired) electrons. The van der Waals surface area contributed by atoms with E-state index in [-0.39, 0.29) is 23.5 Å². The van der Waals surface area contributed by atoms with Crippen molar-refractivity contribution in [2.45, 2.75) is 38.6 Å². The first-order valence-corrected chi connectivity index (χ1v) is 13.8. The van der Waals surface area contributed by atoms with Crippen LogP contribution in [0.2, 0.25) is 0 Å². The van der Waals surface area contributed by atoms with Gasteiger partial charge in [0.25, 0.3) is 11.8 Å². The number of benzene rings is 3. The summed E-state index contributed by atoms with van der Waals surface area (Å²) in [4.78, 5) is 49.0. The van der Waals surface area contributed by atoms with Gasteiger partial charge in [-0.2, -0.15) is 0 Å². The normalized spacial score (nSPS) is 15.7. The van der Waals surface area contributed by atoms with Gasteiger partial charge in [0.05, 0.1) is 0 Å². The van der Waals surface area contributed by atoms with Crippen LogP contribution in [0.25, 0.3) is 10.8 Å². The van der Waals surface area contributed by atoms with E-state index in [9.17, 15) is 14.4 Å². The van der Waals surface area contributed by atoms with E-state index in [1.165, 1.54) is 4.90 Å². The molecular weight excluding hydrogens is 488 g/mol.